The van der Waals surface area contributed by atoms with Gasteiger partial charge in [-0.2, -0.15) is 5.26 Å². The van der Waals surface area contributed by atoms with E-state index < -0.39 is 5.91 Å². The van der Waals surface area contributed by atoms with Gasteiger partial charge in [0.05, 0.1) is 0 Å². The average molecular weight is 173 g/mol. The smallest absolute Gasteiger partial charge is 0.241 e. The van der Waals surface area contributed by atoms with Crippen molar-refractivity contribution in [2.75, 3.05) is 0 Å². The van der Waals surface area contributed by atoms with Gasteiger partial charge < -0.3 is 5.73 Å². The molecule has 4 heteroatoms. The zero-order valence-corrected chi connectivity index (χ0v) is 6.77. The number of amides is 1. The van der Waals surface area contributed by atoms with Gasteiger partial charge in [-0.25, -0.2) is 4.98 Å². The number of primary amides is 1. The van der Waals surface area contributed by atoms with Gasteiger partial charge in [0.1, 0.15) is 11.8 Å². The van der Waals surface area contributed by atoms with Crippen molar-refractivity contribution >= 4 is 12.0 Å². The van der Waals surface area contributed by atoms with Crippen LogP contribution in [-0.4, -0.2) is 10.9 Å². The van der Waals surface area contributed by atoms with E-state index in [0.29, 0.717) is 5.69 Å². The minimum absolute atomic E-state index is 0.312. The average Bonchev–Trinajstić information content (AvgIpc) is 2.15. The van der Waals surface area contributed by atoms with Crippen molar-refractivity contribution in [1.82, 2.24) is 4.98 Å². The van der Waals surface area contributed by atoms with Gasteiger partial charge in [0.15, 0.2) is 0 Å². The van der Waals surface area contributed by atoms with Crippen LogP contribution in [0.4, 0.5) is 0 Å². The van der Waals surface area contributed by atoms with Crippen molar-refractivity contribution in [3.63, 3.8) is 0 Å². The molecule has 1 aromatic heterocycles. The van der Waals surface area contributed by atoms with Gasteiger partial charge in [-0.3, -0.25) is 4.79 Å². The van der Waals surface area contributed by atoms with E-state index in [1.807, 2.05) is 6.07 Å². The van der Waals surface area contributed by atoms with E-state index in [1.165, 1.54) is 18.3 Å². The molecule has 0 aliphatic carbocycles. The molecule has 0 fully saturated rings. The van der Waals surface area contributed by atoms with Crippen LogP contribution in [0.15, 0.2) is 24.4 Å². The molecule has 0 bridgehead atoms. The standard InChI is InChI=1S/C9H7N3O/c10-6-8-5-7(3-4-12-8)1-2-9(11)13/h1-5H,(H2,11,13). The lowest BCUT2D eigenvalue weighted by Gasteiger charge is -1.91. The molecule has 0 atom stereocenters. The van der Waals surface area contributed by atoms with Crippen LogP contribution >= 0.6 is 0 Å². The van der Waals surface area contributed by atoms with Crippen molar-refractivity contribution in [2.24, 2.45) is 5.73 Å². The molecule has 1 rings (SSSR count). The van der Waals surface area contributed by atoms with Gasteiger partial charge in [-0.05, 0) is 23.8 Å². The second-order valence-corrected chi connectivity index (χ2v) is 2.32. The van der Waals surface area contributed by atoms with E-state index >= 15 is 0 Å². The third kappa shape index (κ3) is 2.75. The normalized spacial score (nSPS) is 9.77. The first-order chi connectivity index (χ1) is 6.22. The number of rotatable bonds is 2. The van der Waals surface area contributed by atoms with Crippen LogP contribution in [0.2, 0.25) is 0 Å². The molecule has 0 saturated heterocycles. The number of hydrogen-bond donors (Lipinski definition) is 1. The lowest BCUT2D eigenvalue weighted by Crippen LogP contribution is -2.05. The third-order valence-corrected chi connectivity index (χ3v) is 1.34. The lowest BCUT2D eigenvalue weighted by molar-refractivity contribution is -0.113. The Morgan fingerprint density at radius 2 is 2.46 bits per heavy atom. The second kappa shape index (κ2) is 4.02. The fourth-order valence-corrected chi connectivity index (χ4v) is 0.790. The summed E-state index contributed by atoms with van der Waals surface area (Å²) in [6, 6.07) is 5.14. The monoisotopic (exact) mass is 173 g/mol. The first-order valence-electron chi connectivity index (χ1n) is 3.56. The number of nitriles is 1. The molecule has 0 aliphatic rings. The molecule has 0 aliphatic heterocycles. The summed E-state index contributed by atoms with van der Waals surface area (Å²) in [5, 5.41) is 8.51. The highest BCUT2D eigenvalue weighted by molar-refractivity contribution is 5.90. The Morgan fingerprint density at radius 1 is 1.69 bits per heavy atom. The molecule has 0 radical (unpaired) electrons. The number of nitrogens with zero attached hydrogens (tertiary/aromatic N) is 2. The van der Waals surface area contributed by atoms with E-state index in [4.69, 9.17) is 11.0 Å². The first kappa shape index (κ1) is 8.94. The minimum Gasteiger partial charge on any atom is -0.366 e. The zero-order valence-electron chi connectivity index (χ0n) is 6.77. The predicted molar refractivity (Wildman–Crippen MR) is 47.2 cm³/mol. The molecule has 0 aromatic carbocycles. The Labute approximate surface area is 75.3 Å². The molecular formula is C9H7N3O. The maximum absolute atomic E-state index is 10.4. The molecule has 13 heavy (non-hydrogen) atoms. The van der Waals surface area contributed by atoms with E-state index in [1.54, 1.807) is 12.1 Å². The van der Waals surface area contributed by atoms with E-state index in [0.717, 1.165) is 5.56 Å². The molecular weight excluding hydrogens is 166 g/mol. The molecule has 2 N–H and O–H groups in total. The minimum atomic E-state index is -0.518. The van der Waals surface area contributed by atoms with Crippen LogP contribution in [0, 0.1) is 11.3 Å². The largest absolute Gasteiger partial charge is 0.366 e. The molecule has 64 valence electrons. The Bertz CT molecular complexity index is 390. The van der Waals surface area contributed by atoms with Crippen LogP contribution < -0.4 is 5.73 Å². The number of carbonyl (C=O) groups is 1. The Morgan fingerprint density at radius 3 is 3.08 bits per heavy atom. The Balaban J connectivity index is 2.91. The van der Waals surface area contributed by atoms with E-state index in [2.05, 4.69) is 4.98 Å². The van der Waals surface area contributed by atoms with Crippen LogP contribution in [0.1, 0.15) is 11.3 Å². The van der Waals surface area contributed by atoms with Crippen LogP contribution in [0.5, 0.6) is 0 Å². The zero-order chi connectivity index (χ0) is 9.68. The molecule has 0 unspecified atom stereocenters. The Hall–Kier alpha value is -2.15. The van der Waals surface area contributed by atoms with Crippen LogP contribution in [-0.2, 0) is 4.79 Å². The highest BCUT2D eigenvalue weighted by atomic mass is 16.1. The highest BCUT2D eigenvalue weighted by Crippen LogP contribution is 2.02. The highest BCUT2D eigenvalue weighted by Gasteiger charge is 1.92. The Kier molecular flexibility index (Phi) is 2.77. The molecule has 1 amide bonds. The summed E-state index contributed by atoms with van der Waals surface area (Å²) in [6.07, 6.45) is 4.26. The summed E-state index contributed by atoms with van der Waals surface area (Å²) in [5.74, 6) is -0.518. The summed E-state index contributed by atoms with van der Waals surface area (Å²) in [7, 11) is 0. The van der Waals surface area contributed by atoms with Crippen molar-refractivity contribution < 1.29 is 4.79 Å². The molecule has 1 aromatic rings. The summed E-state index contributed by atoms with van der Waals surface area (Å²) >= 11 is 0. The summed E-state index contributed by atoms with van der Waals surface area (Å²) in [6.45, 7) is 0. The van der Waals surface area contributed by atoms with E-state index in [-0.39, 0.29) is 0 Å². The van der Waals surface area contributed by atoms with E-state index in [9.17, 15) is 4.79 Å². The predicted octanol–water partition coefficient (Wildman–Crippen LogP) is 0.452. The summed E-state index contributed by atoms with van der Waals surface area (Å²) in [5.41, 5.74) is 5.94. The quantitative estimate of drug-likeness (QED) is 0.659. The maximum atomic E-state index is 10.4. The van der Waals surface area contributed by atoms with Gasteiger partial charge in [-0.15, -0.1) is 0 Å². The summed E-state index contributed by atoms with van der Waals surface area (Å²) < 4.78 is 0. The molecule has 4 nitrogen and oxygen atoms in total. The van der Waals surface area contributed by atoms with Crippen LogP contribution in [0.25, 0.3) is 6.08 Å². The van der Waals surface area contributed by atoms with Gasteiger partial charge in [0.25, 0.3) is 0 Å². The number of aromatic nitrogens is 1. The SMILES string of the molecule is N#Cc1cc(C=CC(N)=O)ccn1. The second-order valence-electron chi connectivity index (χ2n) is 2.32. The lowest BCUT2D eigenvalue weighted by atomic mass is 10.2. The van der Waals surface area contributed by atoms with Crippen molar-refractivity contribution in [1.29, 1.82) is 5.26 Å². The fourth-order valence-electron chi connectivity index (χ4n) is 0.790. The topological polar surface area (TPSA) is 79.8 Å². The molecule has 1 heterocycles. The van der Waals surface area contributed by atoms with Gasteiger partial charge in [0.2, 0.25) is 5.91 Å². The number of carbonyl (C=O) groups excluding carboxylic acids is 1. The molecule has 0 spiro atoms. The van der Waals surface area contributed by atoms with Gasteiger partial charge in [-0.1, -0.05) is 0 Å². The fraction of sp³-hybridized carbons (Fsp3) is 0. The maximum Gasteiger partial charge on any atom is 0.241 e. The first-order valence-corrected chi connectivity index (χ1v) is 3.56. The third-order valence-electron chi connectivity index (χ3n) is 1.34. The van der Waals surface area contributed by atoms with Crippen LogP contribution in [0.3, 0.4) is 0 Å². The van der Waals surface area contributed by atoms with Crippen molar-refractivity contribution in [3.8, 4) is 6.07 Å². The van der Waals surface area contributed by atoms with Crippen molar-refractivity contribution in [3.05, 3.63) is 35.7 Å². The van der Waals surface area contributed by atoms with Crippen molar-refractivity contribution in [2.45, 2.75) is 0 Å². The number of hydrogen-bond acceptors (Lipinski definition) is 3. The molecule has 0 saturated carbocycles. The number of nitrogens with two attached hydrogens (primary N) is 1. The summed E-state index contributed by atoms with van der Waals surface area (Å²) in [4.78, 5) is 14.2. The van der Waals surface area contributed by atoms with Gasteiger partial charge >= 0.3 is 0 Å². The van der Waals surface area contributed by atoms with Gasteiger partial charge in [0, 0.05) is 12.3 Å². The number of pyridine rings is 1.